The lowest BCUT2D eigenvalue weighted by atomic mass is 10.1. The van der Waals surface area contributed by atoms with Crippen LogP contribution in [-0.4, -0.2) is 51.9 Å². The van der Waals surface area contributed by atoms with Crippen molar-refractivity contribution in [3.05, 3.63) is 17.7 Å². The molecule has 0 aromatic heterocycles. The van der Waals surface area contributed by atoms with Crippen LogP contribution in [0.15, 0.2) is 12.1 Å². The molecule has 6 nitrogen and oxygen atoms in total. The quantitative estimate of drug-likeness (QED) is 0.874. The molecular formula is C16H24N2O4. The Labute approximate surface area is 131 Å². The van der Waals surface area contributed by atoms with Gasteiger partial charge in [-0.15, -0.1) is 0 Å². The summed E-state index contributed by atoms with van der Waals surface area (Å²) in [6, 6.07) is 3.70. The first kappa shape index (κ1) is 16.3. The van der Waals surface area contributed by atoms with Gasteiger partial charge >= 0.3 is 6.03 Å². The van der Waals surface area contributed by atoms with Gasteiger partial charge in [-0.1, -0.05) is 0 Å². The van der Waals surface area contributed by atoms with Crippen molar-refractivity contribution in [3.8, 4) is 17.2 Å². The van der Waals surface area contributed by atoms with E-state index in [1.165, 1.54) is 0 Å². The van der Waals surface area contributed by atoms with E-state index in [0.717, 1.165) is 37.2 Å². The molecular weight excluding hydrogens is 284 g/mol. The number of methoxy groups -OCH3 is 3. The van der Waals surface area contributed by atoms with Gasteiger partial charge in [0.2, 0.25) is 0 Å². The maximum absolute atomic E-state index is 12.0. The van der Waals surface area contributed by atoms with Gasteiger partial charge in [0.25, 0.3) is 0 Å². The number of carbonyl (C=O) groups excluding carboxylic acids is 1. The number of ether oxygens (including phenoxy) is 3. The van der Waals surface area contributed by atoms with Crippen molar-refractivity contribution in [2.45, 2.75) is 19.3 Å². The monoisotopic (exact) mass is 308 g/mol. The molecule has 1 aromatic rings. The maximum Gasteiger partial charge on any atom is 0.317 e. The van der Waals surface area contributed by atoms with Crippen LogP contribution in [0.1, 0.15) is 18.4 Å². The summed E-state index contributed by atoms with van der Waals surface area (Å²) in [5.74, 6) is 2.02. The summed E-state index contributed by atoms with van der Waals surface area (Å²) in [6.45, 7) is 2.26. The first-order valence-electron chi connectivity index (χ1n) is 7.51. The Morgan fingerprint density at radius 2 is 1.64 bits per heavy atom. The van der Waals surface area contributed by atoms with E-state index in [0.29, 0.717) is 24.5 Å². The molecule has 1 aliphatic heterocycles. The van der Waals surface area contributed by atoms with Crippen molar-refractivity contribution in [3.63, 3.8) is 0 Å². The third-order valence-electron chi connectivity index (χ3n) is 3.85. The highest BCUT2D eigenvalue weighted by atomic mass is 16.5. The Bertz CT molecular complexity index is 513. The second kappa shape index (κ2) is 7.77. The first-order chi connectivity index (χ1) is 10.7. The summed E-state index contributed by atoms with van der Waals surface area (Å²) in [4.78, 5) is 13.8. The molecule has 1 saturated heterocycles. The number of likely N-dealkylation sites (tertiary alicyclic amines) is 1. The van der Waals surface area contributed by atoms with Gasteiger partial charge in [-0.3, -0.25) is 0 Å². The summed E-state index contributed by atoms with van der Waals surface area (Å²) in [5, 5.41) is 2.95. The minimum absolute atomic E-state index is 0.0111. The number of rotatable bonds is 6. The van der Waals surface area contributed by atoms with E-state index in [2.05, 4.69) is 5.32 Å². The number of benzene rings is 1. The zero-order chi connectivity index (χ0) is 15.9. The molecule has 0 aliphatic carbocycles. The van der Waals surface area contributed by atoms with E-state index in [1.807, 2.05) is 11.0 Å². The van der Waals surface area contributed by atoms with Crippen LogP contribution in [0.5, 0.6) is 17.2 Å². The lowest BCUT2D eigenvalue weighted by Crippen LogP contribution is -2.38. The van der Waals surface area contributed by atoms with Crippen molar-refractivity contribution in [1.82, 2.24) is 10.2 Å². The summed E-state index contributed by atoms with van der Waals surface area (Å²) in [7, 11) is 4.81. The molecule has 1 heterocycles. The van der Waals surface area contributed by atoms with Crippen LogP contribution in [0.4, 0.5) is 4.79 Å². The second-order valence-corrected chi connectivity index (χ2v) is 5.20. The fourth-order valence-corrected chi connectivity index (χ4v) is 2.62. The molecule has 1 aliphatic rings. The van der Waals surface area contributed by atoms with E-state index >= 15 is 0 Å². The van der Waals surface area contributed by atoms with Crippen molar-refractivity contribution < 1.29 is 19.0 Å². The number of hydrogen-bond acceptors (Lipinski definition) is 4. The second-order valence-electron chi connectivity index (χ2n) is 5.20. The molecule has 122 valence electrons. The predicted octanol–water partition coefficient (Wildman–Crippen LogP) is 2.06. The molecule has 2 amide bonds. The molecule has 0 unspecified atom stereocenters. The van der Waals surface area contributed by atoms with Crippen LogP contribution in [-0.2, 0) is 6.42 Å². The lowest BCUT2D eigenvalue weighted by Gasteiger charge is -2.17. The van der Waals surface area contributed by atoms with Crippen molar-refractivity contribution in [2.24, 2.45) is 0 Å². The Kier molecular flexibility index (Phi) is 5.75. The fourth-order valence-electron chi connectivity index (χ4n) is 2.62. The molecule has 6 heteroatoms. The van der Waals surface area contributed by atoms with E-state index in [9.17, 15) is 4.79 Å². The molecule has 1 N–H and O–H groups in total. The molecule has 22 heavy (non-hydrogen) atoms. The highest BCUT2D eigenvalue weighted by Gasteiger charge is 2.17. The number of amides is 2. The zero-order valence-corrected chi connectivity index (χ0v) is 13.5. The van der Waals surface area contributed by atoms with E-state index in [1.54, 1.807) is 27.4 Å². The smallest absolute Gasteiger partial charge is 0.317 e. The Balaban J connectivity index is 1.97. The number of hydrogen-bond donors (Lipinski definition) is 1. The van der Waals surface area contributed by atoms with Crippen LogP contribution in [0.25, 0.3) is 0 Å². The average molecular weight is 308 g/mol. The predicted molar refractivity (Wildman–Crippen MR) is 84.0 cm³/mol. The van der Waals surface area contributed by atoms with Crippen molar-refractivity contribution >= 4 is 6.03 Å². The largest absolute Gasteiger partial charge is 0.496 e. The summed E-state index contributed by atoms with van der Waals surface area (Å²) >= 11 is 0. The van der Waals surface area contributed by atoms with Crippen LogP contribution in [0, 0.1) is 0 Å². The summed E-state index contributed by atoms with van der Waals surface area (Å²) < 4.78 is 16.0. The molecule has 2 rings (SSSR count). The molecule has 0 saturated carbocycles. The SMILES string of the molecule is COc1cc(OC)c(OC)cc1CCNC(=O)N1CCCC1. The van der Waals surface area contributed by atoms with Crippen LogP contribution < -0.4 is 19.5 Å². The minimum Gasteiger partial charge on any atom is -0.496 e. The van der Waals surface area contributed by atoms with Gasteiger partial charge in [-0.25, -0.2) is 4.79 Å². The highest BCUT2D eigenvalue weighted by molar-refractivity contribution is 5.74. The molecule has 0 radical (unpaired) electrons. The Morgan fingerprint density at radius 3 is 2.23 bits per heavy atom. The zero-order valence-electron chi connectivity index (χ0n) is 13.5. The molecule has 1 fully saturated rings. The van der Waals surface area contributed by atoms with Gasteiger partial charge in [0.15, 0.2) is 11.5 Å². The van der Waals surface area contributed by atoms with Crippen LogP contribution in [0.3, 0.4) is 0 Å². The van der Waals surface area contributed by atoms with E-state index in [4.69, 9.17) is 14.2 Å². The van der Waals surface area contributed by atoms with E-state index in [-0.39, 0.29) is 6.03 Å². The number of nitrogens with one attached hydrogen (secondary N) is 1. The number of nitrogens with zero attached hydrogens (tertiary/aromatic N) is 1. The lowest BCUT2D eigenvalue weighted by molar-refractivity contribution is 0.209. The summed E-state index contributed by atoms with van der Waals surface area (Å²) in [6.07, 6.45) is 2.86. The third-order valence-corrected chi connectivity index (χ3v) is 3.85. The number of urea groups is 1. The van der Waals surface area contributed by atoms with Crippen LogP contribution >= 0.6 is 0 Å². The molecule has 0 atom stereocenters. The molecule has 1 aromatic carbocycles. The molecule has 0 bridgehead atoms. The van der Waals surface area contributed by atoms with E-state index < -0.39 is 0 Å². The maximum atomic E-state index is 12.0. The van der Waals surface area contributed by atoms with Gasteiger partial charge < -0.3 is 24.4 Å². The highest BCUT2D eigenvalue weighted by Crippen LogP contribution is 2.34. The summed E-state index contributed by atoms with van der Waals surface area (Å²) in [5.41, 5.74) is 0.974. The number of carbonyl (C=O) groups is 1. The Hall–Kier alpha value is -2.11. The third kappa shape index (κ3) is 3.75. The van der Waals surface area contributed by atoms with Gasteiger partial charge in [0, 0.05) is 25.7 Å². The van der Waals surface area contributed by atoms with Gasteiger partial charge in [0.05, 0.1) is 21.3 Å². The first-order valence-corrected chi connectivity index (χ1v) is 7.51. The van der Waals surface area contributed by atoms with Gasteiger partial charge in [0.1, 0.15) is 5.75 Å². The topological polar surface area (TPSA) is 60.0 Å². The average Bonchev–Trinajstić information content (AvgIpc) is 3.08. The molecule has 0 spiro atoms. The van der Waals surface area contributed by atoms with Crippen LogP contribution in [0.2, 0.25) is 0 Å². The van der Waals surface area contributed by atoms with Crippen molar-refractivity contribution in [2.75, 3.05) is 41.0 Å². The minimum atomic E-state index is 0.0111. The van der Waals surface area contributed by atoms with Crippen molar-refractivity contribution in [1.29, 1.82) is 0 Å². The Morgan fingerprint density at radius 1 is 1.05 bits per heavy atom. The van der Waals surface area contributed by atoms with Gasteiger partial charge in [-0.2, -0.15) is 0 Å². The fraction of sp³-hybridized carbons (Fsp3) is 0.562. The van der Waals surface area contributed by atoms with Gasteiger partial charge in [-0.05, 0) is 30.9 Å². The standard InChI is InChI=1S/C16H24N2O4/c1-20-13-11-15(22-3)14(21-2)10-12(13)6-7-17-16(19)18-8-4-5-9-18/h10-11H,4-9H2,1-3H3,(H,17,19). The normalized spacial score (nSPS) is 13.9.